The van der Waals surface area contributed by atoms with Gasteiger partial charge in [-0.1, -0.05) is 30.4 Å². The van der Waals surface area contributed by atoms with E-state index in [1.54, 1.807) is 11.6 Å². The van der Waals surface area contributed by atoms with Gasteiger partial charge < -0.3 is 15.0 Å². The summed E-state index contributed by atoms with van der Waals surface area (Å²) in [6.07, 6.45) is 5.62. The molecule has 1 fully saturated rings. The molecular formula is C19H21N3O4. The average Bonchev–Trinajstić information content (AvgIpc) is 2.60. The summed E-state index contributed by atoms with van der Waals surface area (Å²) in [4.78, 5) is 26.3. The predicted octanol–water partition coefficient (Wildman–Crippen LogP) is 2.42. The van der Waals surface area contributed by atoms with E-state index in [1.807, 2.05) is 41.3 Å². The van der Waals surface area contributed by atoms with Crippen LogP contribution in [0.25, 0.3) is 0 Å². The number of carbonyl (C=O) groups is 2. The van der Waals surface area contributed by atoms with Gasteiger partial charge >= 0.3 is 6.03 Å². The number of carbonyl (C=O) groups excluding carboxylic acids is 2. The Morgan fingerprint density at radius 2 is 1.96 bits per heavy atom. The Balaban J connectivity index is 1.52. The zero-order valence-electron chi connectivity index (χ0n) is 14.2. The highest BCUT2D eigenvalue weighted by atomic mass is 16.5. The van der Waals surface area contributed by atoms with Gasteiger partial charge in [-0.15, -0.1) is 0 Å². The molecule has 1 saturated carbocycles. The van der Waals surface area contributed by atoms with Gasteiger partial charge in [0.25, 0.3) is 5.91 Å². The molecule has 1 aromatic carbocycles. The minimum Gasteiger partial charge on any atom is -0.494 e. The number of amides is 3. The Bertz CT molecular complexity index is 768. The summed E-state index contributed by atoms with van der Waals surface area (Å²) in [6, 6.07) is 9.42. The second-order valence-corrected chi connectivity index (χ2v) is 6.88. The molecule has 1 atom stereocenters. The van der Waals surface area contributed by atoms with Gasteiger partial charge in [-0.3, -0.25) is 10.0 Å². The van der Waals surface area contributed by atoms with Crippen LogP contribution >= 0.6 is 0 Å². The number of hydrogen-bond acceptors (Lipinski definition) is 4. The smallest absolute Gasteiger partial charge is 0.322 e. The molecule has 0 saturated heterocycles. The van der Waals surface area contributed by atoms with E-state index < -0.39 is 11.8 Å². The third-order valence-corrected chi connectivity index (χ3v) is 5.19. The molecule has 136 valence electrons. The molecule has 0 radical (unpaired) electrons. The normalized spacial score (nSPS) is 26.7. The van der Waals surface area contributed by atoms with Crippen molar-refractivity contribution in [3.05, 3.63) is 53.8 Å². The van der Waals surface area contributed by atoms with Crippen LogP contribution in [0.5, 0.6) is 0 Å². The third-order valence-electron chi connectivity index (χ3n) is 5.19. The van der Waals surface area contributed by atoms with Crippen LogP contribution in [0.4, 0.5) is 10.5 Å². The van der Waals surface area contributed by atoms with Crippen molar-refractivity contribution in [1.82, 2.24) is 10.4 Å². The number of hydroxylamine groups is 1. The van der Waals surface area contributed by atoms with Crippen molar-refractivity contribution >= 4 is 17.6 Å². The van der Waals surface area contributed by atoms with Gasteiger partial charge in [0.1, 0.15) is 11.9 Å². The average molecular weight is 355 g/mol. The highest BCUT2D eigenvalue weighted by Crippen LogP contribution is 2.38. The number of urea groups is 1. The zero-order valence-corrected chi connectivity index (χ0v) is 14.2. The van der Waals surface area contributed by atoms with Crippen LogP contribution in [0.1, 0.15) is 19.3 Å². The van der Waals surface area contributed by atoms with Crippen LogP contribution in [0, 0.1) is 5.92 Å². The topological polar surface area (TPSA) is 90.9 Å². The summed E-state index contributed by atoms with van der Waals surface area (Å²) in [6.45, 7) is 0.440. The van der Waals surface area contributed by atoms with Gasteiger partial charge in [0.05, 0.1) is 12.5 Å². The van der Waals surface area contributed by atoms with Crippen molar-refractivity contribution in [2.45, 2.75) is 31.4 Å². The fraction of sp³-hybridized carbons (Fsp3) is 0.368. The molecule has 1 unspecified atom stereocenters. The van der Waals surface area contributed by atoms with Gasteiger partial charge in [-0.2, -0.15) is 0 Å². The van der Waals surface area contributed by atoms with Crippen LogP contribution < -0.4 is 10.8 Å². The van der Waals surface area contributed by atoms with Gasteiger partial charge in [0.2, 0.25) is 0 Å². The Morgan fingerprint density at radius 1 is 1.19 bits per heavy atom. The molecule has 1 aromatic rings. The molecular weight excluding hydrogens is 334 g/mol. The molecule has 2 bridgehead atoms. The van der Waals surface area contributed by atoms with Crippen LogP contribution in [0.15, 0.2) is 53.8 Å². The molecule has 0 spiro atoms. The number of hydrogen-bond donors (Lipinski definition) is 3. The number of nitrogens with one attached hydrogen (secondary N) is 2. The Hall–Kier alpha value is -2.80. The lowest BCUT2D eigenvalue weighted by Gasteiger charge is -2.46. The fourth-order valence-electron chi connectivity index (χ4n) is 3.61. The number of nitrogens with zero attached hydrogens (tertiary/aromatic N) is 1. The summed E-state index contributed by atoms with van der Waals surface area (Å²) >= 11 is 0. The molecule has 3 N–H and O–H groups in total. The van der Waals surface area contributed by atoms with E-state index >= 15 is 0 Å². The van der Waals surface area contributed by atoms with Gasteiger partial charge in [0, 0.05) is 36.6 Å². The Morgan fingerprint density at radius 3 is 2.69 bits per heavy atom. The summed E-state index contributed by atoms with van der Waals surface area (Å²) in [5.74, 6) is -0.175. The molecule has 0 aromatic heterocycles. The predicted molar refractivity (Wildman–Crippen MR) is 94.3 cm³/mol. The minimum absolute atomic E-state index is 0.0710. The lowest BCUT2D eigenvalue weighted by Crippen LogP contribution is -2.54. The summed E-state index contributed by atoms with van der Waals surface area (Å²) in [7, 11) is 0. The SMILES string of the molecule is O=C(NO)C1C=CC2=C(C1)OC1CC(C1)N(C(=O)Nc1ccccc1)C2. The van der Waals surface area contributed by atoms with Crippen molar-refractivity contribution in [2.24, 2.45) is 5.92 Å². The zero-order chi connectivity index (χ0) is 18.1. The number of ether oxygens (including phenoxy) is 1. The number of para-hydroxylation sites is 1. The summed E-state index contributed by atoms with van der Waals surface area (Å²) in [5, 5.41) is 11.8. The third kappa shape index (κ3) is 3.17. The lowest BCUT2D eigenvalue weighted by atomic mass is 9.85. The van der Waals surface area contributed by atoms with E-state index in [0.717, 1.165) is 29.9 Å². The highest BCUT2D eigenvalue weighted by Gasteiger charge is 2.41. The lowest BCUT2D eigenvalue weighted by molar-refractivity contribution is -0.132. The first-order valence-corrected chi connectivity index (χ1v) is 8.77. The molecule has 2 heterocycles. The van der Waals surface area contributed by atoms with Crippen molar-refractivity contribution in [3.63, 3.8) is 0 Å². The first kappa shape index (κ1) is 16.7. The van der Waals surface area contributed by atoms with Crippen molar-refractivity contribution in [1.29, 1.82) is 0 Å². The Labute approximate surface area is 151 Å². The van der Waals surface area contributed by atoms with E-state index in [2.05, 4.69) is 5.32 Å². The molecule has 2 aliphatic heterocycles. The molecule has 7 heteroatoms. The highest BCUT2D eigenvalue weighted by molar-refractivity contribution is 5.90. The van der Waals surface area contributed by atoms with E-state index in [1.165, 1.54) is 0 Å². The van der Waals surface area contributed by atoms with Crippen molar-refractivity contribution < 1.29 is 19.5 Å². The first-order chi connectivity index (χ1) is 12.6. The Kier molecular flexibility index (Phi) is 4.38. The maximum absolute atomic E-state index is 12.8. The second kappa shape index (κ2) is 6.84. The maximum Gasteiger partial charge on any atom is 0.322 e. The van der Waals surface area contributed by atoms with Crippen LogP contribution in [0.2, 0.25) is 0 Å². The minimum atomic E-state index is -0.458. The summed E-state index contributed by atoms with van der Waals surface area (Å²) in [5.41, 5.74) is 3.36. The number of allylic oxidation sites excluding steroid dienone is 1. The van der Waals surface area contributed by atoms with Crippen LogP contribution in [0.3, 0.4) is 0 Å². The molecule has 26 heavy (non-hydrogen) atoms. The number of fused-ring (bicyclic) bond motifs is 1. The fourth-order valence-corrected chi connectivity index (χ4v) is 3.61. The van der Waals surface area contributed by atoms with E-state index in [-0.39, 0.29) is 18.2 Å². The quantitative estimate of drug-likeness (QED) is 0.561. The molecule has 5 rings (SSSR count). The summed E-state index contributed by atoms with van der Waals surface area (Å²) < 4.78 is 6.04. The molecule has 4 aliphatic rings. The van der Waals surface area contributed by atoms with E-state index in [4.69, 9.17) is 9.94 Å². The van der Waals surface area contributed by atoms with Crippen molar-refractivity contribution in [2.75, 3.05) is 11.9 Å². The number of rotatable bonds is 2. The monoisotopic (exact) mass is 355 g/mol. The first-order valence-electron chi connectivity index (χ1n) is 8.77. The largest absolute Gasteiger partial charge is 0.494 e. The van der Waals surface area contributed by atoms with Crippen LogP contribution in [-0.4, -0.2) is 40.7 Å². The van der Waals surface area contributed by atoms with Gasteiger partial charge in [-0.25, -0.2) is 10.3 Å². The number of anilines is 1. The second-order valence-electron chi connectivity index (χ2n) is 6.88. The van der Waals surface area contributed by atoms with Gasteiger partial charge in [-0.05, 0) is 12.1 Å². The van der Waals surface area contributed by atoms with Gasteiger partial charge in [0.15, 0.2) is 0 Å². The maximum atomic E-state index is 12.8. The van der Waals surface area contributed by atoms with Crippen molar-refractivity contribution in [3.8, 4) is 0 Å². The van der Waals surface area contributed by atoms with Crippen LogP contribution in [-0.2, 0) is 9.53 Å². The van der Waals surface area contributed by atoms with E-state index in [9.17, 15) is 9.59 Å². The molecule has 7 nitrogen and oxygen atoms in total. The number of benzene rings is 1. The molecule has 3 amide bonds. The molecule has 2 aliphatic carbocycles. The van der Waals surface area contributed by atoms with E-state index in [0.29, 0.717) is 13.0 Å². The standard InChI is InChI=1S/C19H21N3O4/c23-18(21-25)12-6-7-13-11-22(15-9-16(10-15)26-17(13)8-12)19(24)20-14-4-2-1-3-5-14/h1-7,12,15-16,25H,8-11H2,(H,20,24)(H,21,23).